The summed E-state index contributed by atoms with van der Waals surface area (Å²) in [5.41, 5.74) is 0. The normalized spacial score (nSPS) is 12.6. The molecule has 0 aromatic rings. The van der Waals surface area contributed by atoms with Gasteiger partial charge in [-0.05, 0) is 6.42 Å². The number of nitrogens with zero attached hydrogens (tertiary/aromatic N) is 1. The Morgan fingerprint density at radius 2 is 2.38 bits per heavy atom. The van der Waals surface area contributed by atoms with Crippen LogP contribution in [0.25, 0.3) is 4.85 Å². The van der Waals surface area contributed by atoms with E-state index < -0.39 is 6.17 Å². The lowest BCUT2D eigenvalue weighted by Gasteiger charge is -1.95. The van der Waals surface area contributed by atoms with Crippen molar-refractivity contribution in [1.82, 2.24) is 0 Å². The second-order valence-corrected chi connectivity index (χ2v) is 1.68. The second-order valence-electron chi connectivity index (χ2n) is 1.68. The zero-order chi connectivity index (χ0) is 6.41. The Balaban J connectivity index is 3.01. The van der Waals surface area contributed by atoms with E-state index in [1.54, 1.807) is 6.92 Å². The Labute approximate surface area is 49.3 Å². The van der Waals surface area contributed by atoms with E-state index in [4.69, 9.17) is 6.57 Å². The molecule has 46 valence electrons. The van der Waals surface area contributed by atoms with E-state index in [2.05, 4.69) is 4.85 Å². The van der Waals surface area contributed by atoms with Crippen LogP contribution in [-0.4, -0.2) is 12.7 Å². The highest BCUT2D eigenvalue weighted by Gasteiger charge is 2.02. The number of rotatable bonds is 3. The van der Waals surface area contributed by atoms with Crippen molar-refractivity contribution in [2.75, 3.05) is 6.54 Å². The van der Waals surface area contributed by atoms with Crippen LogP contribution in [0.15, 0.2) is 0 Å². The molecule has 0 radical (unpaired) electrons. The number of hydrogen-bond acceptors (Lipinski definition) is 0. The smallest absolute Gasteiger partial charge is 0.217 e. The maximum Gasteiger partial charge on any atom is 0.217 e. The minimum atomic E-state index is -0.760. The summed E-state index contributed by atoms with van der Waals surface area (Å²) in [6.45, 7) is 8.44. The monoisotopic (exact) mass is 115 g/mol. The first-order valence-electron chi connectivity index (χ1n) is 2.78. The molecule has 0 aliphatic rings. The lowest BCUT2D eigenvalue weighted by molar-refractivity contribution is 0.314. The molecule has 1 unspecified atom stereocenters. The van der Waals surface area contributed by atoms with Gasteiger partial charge in [0, 0.05) is 0 Å². The molecule has 8 heavy (non-hydrogen) atoms. The van der Waals surface area contributed by atoms with Crippen molar-refractivity contribution >= 4 is 0 Å². The van der Waals surface area contributed by atoms with Gasteiger partial charge in [0.2, 0.25) is 6.54 Å². The molecule has 1 nitrogen and oxygen atoms in total. The minimum Gasteiger partial charge on any atom is -0.317 e. The predicted molar refractivity (Wildman–Crippen MR) is 31.3 cm³/mol. The molecule has 0 saturated carbocycles. The largest absolute Gasteiger partial charge is 0.317 e. The SMILES string of the molecule is [C-]#[N+]CCC(F)CC. The lowest BCUT2D eigenvalue weighted by Crippen LogP contribution is -1.97. The topological polar surface area (TPSA) is 4.36 Å². The molecule has 0 aromatic carbocycles. The summed E-state index contributed by atoms with van der Waals surface area (Å²) in [4.78, 5) is 3.03. The molecule has 0 aromatic heterocycles. The van der Waals surface area contributed by atoms with Crippen LogP contribution in [0, 0.1) is 6.57 Å². The van der Waals surface area contributed by atoms with E-state index in [1.165, 1.54) is 0 Å². The van der Waals surface area contributed by atoms with Gasteiger partial charge in [0.1, 0.15) is 6.17 Å². The van der Waals surface area contributed by atoms with Crippen molar-refractivity contribution in [3.8, 4) is 0 Å². The summed E-state index contributed by atoms with van der Waals surface area (Å²) in [7, 11) is 0. The van der Waals surface area contributed by atoms with Crippen LogP contribution < -0.4 is 0 Å². The molecule has 0 rings (SSSR count). The quantitative estimate of drug-likeness (QED) is 0.496. The van der Waals surface area contributed by atoms with Crippen LogP contribution in [0.5, 0.6) is 0 Å². The molecule has 0 N–H and O–H groups in total. The molecule has 2 heteroatoms. The Hall–Kier alpha value is -0.580. The molecule has 0 bridgehead atoms. The van der Waals surface area contributed by atoms with E-state index in [-0.39, 0.29) is 0 Å². The molecule has 0 heterocycles. The summed E-state index contributed by atoms with van der Waals surface area (Å²) < 4.78 is 12.2. The van der Waals surface area contributed by atoms with Gasteiger partial charge < -0.3 is 4.85 Å². The molecule has 1 atom stereocenters. The van der Waals surface area contributed by atoms with Crippen LogP contribution in [0.3, 0.4) is 0 Å². The maximum absolute atomic E-state index is 12.2. The molecule has 0 aliphatic carbocycles. The van der Waals surface area contributed by atoms with Gasteiger partial charge in [-0.15, -0.1) is 0 Å². The molecule has 0 spiro atoms. The van der Waals surface area contributed by atoms with Gasteiger partial charge in [0.15, 0.2) is 0 Å². The molecular formula is C6H10FN. The molecule has 0 aliphatic heterocycles. The highest BCUT2D eigenvalue weighted by molar-refractivity contribution is 4.63. The van der Waals surface area contributed by atoms with Gasteiger partial charge in [-0.3, -0.25) is 0 Å². The first kappa shape index (κ1) is 7.42. The number of halogens is 1. The van der Waals surface area contributed by atoms with Gasteiger partial charge >= 0.3 is 0 Å². The third-order valence-electron chi connectivity index (χ3n) is 0.997. The summed E-state index contributed by atoms with van der Waals surface area (Å²) in [5.74, 6) is 0. The Morgan fingerprint density at radius 3 is 2.75 bits per heavy atom. The van der Waals surface area contributed by atoms with E-state index in [9.17, 15) is 4.39 Å². The van der Waals surface area contributed by atoms with Crippen molar-refractivity contribution in [2.24, 2.45) is 0 Å². The molecule has 0 fully saturated rings. The zero-order valence-corrected chi connectivity index (χ0v) is 5.02. The van der Waals surface area contributed by atoms with Crippen LogP contribution in [0.1, 0.15) is 19.8 Å². The lowest BCUT2D eigenvalue weighted by atomic mass is 10.2. The van der Waals surface area contributed by atoms with Crippen molar-refractivity contribution in [2.45, 2.75) is 25.9 Å². The highest BCUT2D eigenvalue weighted by atomic mass is 19.1. The molecular weight excluding hydrogens is 105 g/mol. The van der Waals surface area contributed by atoms with Gasteiger partial charge in [-0.2, -0.15) is 0 Å². The van der Waals surface area contributed by atoms with Crippen LogP contribution in [0.2, 0.25) is 0 Å². The average Bonchev–Trinajstić information content (AvgIpc) is 1.83. The first-order valence-corrected chi connectivity index (χ1v) is 2.78. The van der Waals surface area contributed by atoms with Gasteiger partial charge in [0.25, 0.3) is 0 Å². The maximum atomic E-state index is 12.2. The first-order chi connectivity index (χ1) is 3.81. The van der Waals surface area contributed by atoms with Crippen LogP contribution >= 0.6 is 0 Å². The van der Waals surface area contributed by atoms with E-state index in [1.807, 2.05) is 0 Å². The number of alkyl halides is 1. The Kier molecular flexibility index (Phi) is 4.24. The fourth-order valence-electron chi connectivity index (χ4n) is 0.409. The third-order valence-corrected chi connectivity index (χ3v) is 0.997. The summed E-state index contributed by atoms with van der Waals surface area (Å²) in [6.07, 6.45) is 0.180. The standard InChI is InChI=1S/C6H10FN/c1-3-6(7)4-5-8-2/h6H,3-5H2,1H3. The Bertz CT molecular complexity index is 85.0. The molecule has 0 amide bonds. The predicted octanol–water partition coefficient (Wildman–Crippen LogP) is 2.04. The number of hydrogen-bond donors (Lipinski definition) is 0. The van der Waals surface area contributed by atoms with Crippen LogP contribution in [0.4, 0.5) is 4.39 Å². The van der Waals surface area contributed by atoms with Crippen molar-refractivity contribution < 1.29 is 4.39 Å². The van der Waals surface area contributed by atoms with Crippen LogP contribution in [-0.2, 0) is 0 Å². The van der Waals surface area contributed by atoms with E-state index >= 15 is 0 Å². The van der Waals surface area contributed by atoms with Gasteiger partial charge in [-0.1, -0.05) is 6.92 Å². The Morgan fingerprint density at radius 1 is 1.75 bits per heavy atom. The van der Waals surface area contributed by atoms with Gasteiger partial charge in [-0.25, -0.2) is 11.0 Å². The summed E-state index contributed by atoms with van der Waals surface area (Å²) >= 11 is 0. The fourth-order valence-corrected chi connectivity index (χ4v) is 0.409. The van der Waals surface area contributed by atoms with E-state index in [0.717, 1.165) is 0 Å². The minimum absolute atomic E-state index is 0.328. The second kappa shape index (κ2) is 4.58. The van der Waals surface area contributed by atoms with Crippen molar-refractivity contribution in [3.63, 3.8) is 0 Å². The highest BCUT2D eigenvalue weighted by Crippen LogP contribution is 2.01. The molecule has 0 saturated heterocycles. The summed E-state index contributed by atoms with van der Waals surface area (Å²) in [5, 5.41) is 0. The fraction of sp³-hybridized carbons (Fsp3) is 0.833. The van der Waals surface area contributed by atoms with E-state index in [0.29, 0.717) is 19.4 Å². The van der Waals surface area contributed by atoms with Gasteiger partial charge in [0.05, 0.1) is 6.42 Å². The van der Waals surface area contributed by atoms with Crippen molar-refractivity contribution in [1.29, 1.82) is 0 Å². The van der Waals surface area contributed by atoms with Crippen molar-refractivity contribution in [3.05, 3.63) is 11.4 Å². The zero-order valence-electron chi connectivity index (χ0n) is 5.02. The average molecular weight is 115 g/mol. The third kappa shape index (κ3) is 3.60. The summed E-state index contributed by atoms with van der Waals surface area (Å²) in [6, 6.07) is 0.